The molecule has 1 aromatic rings. The highest BCUT2D eigenvalue weighted by Crippen LogP contribution is 2.19. The highest BCUT2D eigenvalue weighted by molar-refractivity contribution is 7.91. The lowest BCUT2D eigenvalue weighted by atomic mass is 10.1. The standard InChI is InChI=1S/C11H17N3O4S/c1-19(16,17)9-3-2-8(18-7-9)6-14-5-4-10(13-14)11(12)15/h4-5,8-9H,2-3,6-7H2,1H3,(H2,12,15)/t8-,9+/m1/s1. The largest absolute Gasteiger partial charge is 0.375 e. The lowest BCUT2D eigenvalue weighted by Gasteiger charge is -2.27. The maximum atomic E-state index is 11.4. The molecule has 1 amide bonds. The van der Waals surface area contributed by atoms with Crippen LogP contribution in [0.4, 0.5) is 0 Å². The molecule has 0 aromatic carbocycles. The molecule has 2 heterocycles. The zero-order chi connectivity index (χ0) is 14.0. The van der Waals surface area contributed by atoms with Crippen LogP contribution in [0.2, 0.25) is 0 Å². The molecule has 0 aliphatic carbocycles. The number of hydrogen-bond donors (Lipinski definition) is 1. The average molecular weight is 287 g/mol. The topological polar surface area (TPSA) is 104 Å². The van der Waals surface area contributed by atoms with Crippen LogP contribution >= 0.6 is 0 Å². The molecule has 8 heteroatoms. The summed E-state index contributed by atoms with van der Waals surface area (Å²) in [4.78, 5) is 10.9. The Morgan fingerprint density at radius 3 is 2.79 bits per heavy atom. The molecule has 0 spiro atoms. The van der Waals surface area contributed by atoms with Crippen LogP contribution in [0.5, 0.6) is 0 Å². The van der Waals surface area contributed by atoms with Gasteiger partial charge in [0.1, 0.15) is 5.69 Å². The monoisotopic (exact) mass is 287 g/mol. The summed E-state index contributed by atoms with van der Waals surface area (Å²) in [6.07, 6.45) is 4.05. The van der Waals surface area contributed by atoms with Crippen LogP contribution in [0.3, 0.4) is 0 Å². The molecule has 19 heavy (non-hydrogen) atoms. The first kappa shape index (κ1) is 14.0. The van der Waals surface area contributed by atoms with Crippen LogP contribution in [-0.2, 0) is 21.1 Å². The van der Waals surface area contributed by atoms with Crippen molar-refractivity contribution in [3.8, 4) is 0 Å². The van der Waals surface area contributed by atoms with Crippen LogP contribution in [0.25, 0.3) is 0 Å². The molecule has 1 saturated heterocycles. The van der Waals surface area contributed by atoms with Gasteiger partial charge in [0.25, 0.3) is 5.91 Å². The summed E-state index contributed by atoms with van der Waals surface area (Å²) in [5.41, 5.74) is 5.33. The number of nitrogens with zero attached hydrogens (tertiary/aromatic N) is 2. The van der Waals surface area contributed by atoms with Gasteiger partial charge in [-0.2, -0.15) is 5.10 Å². The van der Waals surface area contributed by atoms with Gasteiger partial charge in [-0.05, 0) is 18.9 Å². The van der Waals surface area contributed by atoms with E-state index in [2.05, 4.69) is 5.10 Å². The van der Waals surface area contributed by atoms with Gasteiger partial charge in [-0.3, -0.25) is 9.48 Å². The molecule has 2 rings (SSSR count). The first-order valence-corrected chi connectivity index (χ1v) is 7.95. The van der Waals surface area contributed by atoms with E-state index in [0.717, 1.165) is 0 Å². The minimum atomic E-state index is -3.04. The maximum Gasteiger partial charge on any atom is 0.269 e. The zero-order valence-electron chi connectivity index (χ0n) is 10.7. The molecule has 2 N–H and O–H groups in total. The van der Waals surface area contributed by atoms with Gasteiger partial charge in [0, 0.05) is 12.5 Å². The molecule has 1 aliphatic heterocycles. The molecule has 106 valence electrons. The van der Waals surface area contributed by atoms with Gasteiger partial charge in [0.15, 0.2) is 9.84 Å². The van der Waals surface area contributed by atoms with Crippen molar-refractivity contribution in [1.29, 1.82) is 0 Å². The van der Waals surface area contributed by atoms with Crippen molar-refractivity contribution >= 4 is 15.7 Å². The van der Waals surface area contributed by atoms with E-state index in [-0.39, 0.29) is 18.4 Å². The minimum Gasteiger partial charge on any atom is -0.375 e. The number of amides is 1. The van der Waals surface area contributed by atoms with Crippen LogP contribution in [0, 0.1) is 0 Å². The zero-order valence-corrected chi connectivity index (χ0v) is 11.5. The third kappa shape index (κ3) is 3.54. The Morgan fingerprint density at radius 1 is 1.58 bits per heavy atom. The molecule has 0 radical (unpaired) electrons. The Morgan fingerprint density at radius 2 is 2.32 bits per heavy atom. The molecule has 2 atom stereocenters. The van der Waals surface area contributed by atoms with E-state index in [1.54, 1.807) is 16.9 Å². The van der Waals surface area contributed by atoms with Gasteiger partial charge in [0.2, 0.25) is 0 Å². The summed E-state index contributed by atoms with van der Waals surface area (Å²) in [6.45, 7) is 0.706. The average Bonchev–Trinajstić information content (AvgIpc) is 2.77. The number of carbonyl (C=O) groups is 1. The third-order valence-corrected chi connectivity index (χ3v) is 4.80. The SMILES string of the molecule is CS(=O)(=O)[C@H]1CC[C@H](Cn2ccc(C(N)=O)n2)OC1. The van der Waals surface area contributed by atoms with Crippen LogP contribution in [-0.4, -0.2) is 48.3 Å². The Kier molecular flexibility index (Phi) is 3.91. The van der Waals surface area contributed by atoms with E-state index in [4.69, 9.17) is 10.5 Å². The molecule has 1 aliphatic rings. The molecule has 1 aromatic heterocycles. The number of rotatable bonds is 4. The van der Waals surface area contributed by atoms with Gasteiger partial charge >= 0.3 is 0 Å². The molecule has 1 fully saturated rings. The molecular formula is C11H17N3O4S. The van der Waals surface area contributed by atoms with Crippen LogP contribution in [0.15, 0.2) is 12.3 Å². The first-order chi connectivity index (χ1) is 8.86. The lowest BCUT2D eigenvalue weighted by molar-refractivity contribution is 0.00610. The van der Waals surface area contributed by atoms with E-state index < -0.39 is 21.0 Å². The van der Waals surface area contributed by atoms with E-state index >= 15 is 0 Å². The Bertz CT molecular complexity index is 558. The number of primary amides is 1. The molecular weight excluding hydrogens is 270 g/mol. The number of sulfone groups is 1. The van der Waals surface area contributed by atoms with Gasteiger partial charge in [0.05, 0.1) is 24.5 Å². The first-order valence-electron chi connectivity index (χ1n) is 6.00. The molecule has 0 bridgehead atoms. The van der Waals surface area contributed by atoms with Crippen molar-refractivity contribution in [3.63, 3.8) is 0 Å². The van der Waals surface area contributed by atoms with Gasteiger partial charge in [-0.15, -0.1) is 0 Å². The Balaban J connectivity index is 1.90. The van der Waals surface area contributed by atoms with Gasteiger partial charge in [-0.25, -0.2) is 8.42 Å². The number of hydrogen-bond acceptors (Lipinski definition) is 5. The van der Waals surface area contributed by atoms with E-state index in [0.29, 0.717) is 19.4 Å². The number of aromatic nitrogens is 2. The van der Waals surface area contributed by atoms with Crippen molar-refractivity contribution < 1.29 is 17.9 Å². The van der Waals surface area contributed by atoms with Crippen molar-refractivity contribution in [2.24, 2.45) is 5.73 Å². The highest BCUT2D eigenvalue weighted by atomic mass is 32.2. The number of carbonyl (C=O) groups excluding carboxylic acids is 1. The normalized spacial score (nSPS) is 24.3. The van der Waals surface area contributed by atoms with Crippen LogP contribution < -0.4 is 5.73 Å². The Hall–Kier alpha value is -1.41. The lowest BCUT2D eigenvalue weighted by Crippen LogP contribution is -2.36. The molecule has 0 unspecified atom stereocenters. The van der Waals surface area contributed by atoms with Crippen molar-refractivity contribution in [1.82, 2.24) is 9.78 Å². The second-order valence-corrected chi connectivity index (χ2v) is 7.10. The molecule has 7 nitrogen and oxygen atoms in total. The Labute approximate surface area is 111 Å². The van der Waals surface area contributed by atoms with E-state index in [1.807, 2.05) is 0 Å². The quantitative estimate of drug-likeness (QED) is 0.809. The van der Waals surface area contributed by atoms with Crippen molar-refractivity contribution in [2.75, 3.05) is 12.9 Å². The van der Waals surface area contributed by atoms with Crippen LogP contribution in [0.1, 0.15) is 23.3 Å². The second kappa shape index (κ2) is 5.30. The summed E-state index contributed by atoms with van der Waals surface area (Å²) in [5.74, 6) is -0.569. The summed E-state index contributed by atoms with van der Waals surface area (Å²) < 4.78 is 29.9. The van der Waals surface area contributed by atoms with Gasteiger partial charge in [-0.1, -0.05) is 0 Å². The van der Waals surface area contributed by atoms with Gasteiger partial charge < -0.3 is 10.5 Å². The summed E-state index contributed by atoms with van der Waals surface area (Å²) in [5, 5.41) is 3.60. The fraction of sp³-hybridized carbons (Fsp3) is 0.636. The number of ether oxygens (including phenoxy) is 1. The van der Waals surface area contributed by atoms with E-state index in [1.165, 1.54) is 6.26 Å². The predicted octanol–water partition coefficient (Wildman–Crippen LogP) is -0.426. The van der Waals surface area contributed by atoms with Crippen molar-refractivity contribution in [3.05, 3.63) is 18.0 Å². The third-order valence-electron chi connectivity index (χ3n) is 3.22. The predicted molar refractivity (Wildman–Crippen MR) is 68.4 cm³/mol. The summed E-state index contributed by atoms with van der Waals surface area (Å²) in [6, 6.07) is 1.55. The highest BCUT2D eigenvalue weighted by Gasteiger charge is 2.28. The maximum absolute atomic E-state index is 11.4. The summed E-state index contributed by atoms with van der Waals surface area (Å²) in [7, 11) is -3.04. The number of nitrogens with two attached hydrogens (primary N) is 1. The second-order valence-electron chi connectivity index (χ2n) is 4.77. The van der Waals surface area contributed by atoms with Crippen molar-refractivity contribution in [2.45, 2.75) is 30.7 Å². The van der Waals surface area contributed by atoms with E-state index in [9.17, 15) is 13.2 Å². The summed E-state index contributed by atoms with van der Waals surface area (Å²) >= 11 is 0. The fourth-order valence-electron chi connectivity index (χ4n) is 2.07. The fourth-order valence-corrected chi connectivity index (χ4v) is 2.96. The minimum absolute atomic E-state index is 0.0846. The molecule has 0 saturated carbocycles. The smallest absolute Gasteiger partial charge is 0.269 e.